The third kappa shape index (κ3) is 2.54. The molecule has 0 saturated heterocycles. The van der Waals surface area contributed by atoms with Crippen LogP contribution in [0.1, 0.15) is 0 Å². The van der Waals surface area contributed by atoms with Gasteiger partial charge >= 0.3 is 0 Å². The van der Waals surface area contributed by atoms with Gasteiger partial charge in [0.2, 0.25) is 0 Å². The quantitative estimate of drug-likeness (QED) is 0.432. The van der Waals surface area contributed by atoms with Crippen molar-refractivity contribution in [1.82, 2.24) is 10.4 Å². The van der Waals surface area contributed by atoms with Crippen LogP contribution >= 0.6 is 23.6 Å². The maximum absolute atomic E-state index is 5.16. The molecule has 0 saturated carbocycles. The van der Waals surface area contributed by atoms with E-state index in [1.165, 1.54) is 11.3 Å². The van der Waals surface area contributed by atoms with Crippen LogP contribution in [-0.2, 0) is 0 Å². The van der Waals surface area contributed by atoms with E-state index in [9.17, 15) is 0 Å². The molecule has 4 nitrogen and oxygen atoms in total. The van der Waals surface area contributed by atoms with E-state index in [-0.39, 0.29) is 0 Å². The Balaban J connectivity index is 2.17. The molecule has 0 aliphatic rings. The first-order valence-corrected chi connectivity index (χ1v) is 5.87. The molecule has 1 aromatic carbocycles. The highest BCUT2D eigenvalue weighted by molar-refractivity contribution is 7.80. The Kier molecular flexibility index (Phi) is 3.45. The molecule has 16 heavy (non-hydrogen) atoms. The lowest BCUT2D eigenvalue weighted by Crippen LogP contribution is -2.34. The zero-order valence-corrected chi connectivity index (χ0v) is 9.94. The third-order valence-electron chi connectivity index (χ3n) is 1.93. The van der Waals surface area contributed by atoms with Crippen molar-refractivity contribution in [1.29, 1.82) is 0 Å². The normalized spacial score (nSPS) is 9.81. The Bertz CT molecular complexity index is 481. The lowest BCUT2D eigenvalue weighted by molar-refractivity contribution is 1.04. The Morgan fingerprint density at radius 1 is 1.31 bits per heavy atom. The molecule has 82 valence electrons. The van der Waals surface area contributed by atoms with Crippen molar-refractivity contribution < 1.29 is 0 Å². The Morgan fingerprint density at radius 3 is 2.75 bits per heavy atom. The molecule has 0 bridgehead atoms. The van der Waals surface area contributed by atoms with Gasteiger partial charge in [-0.2, -0.15) is 0 Å². The van der Waals surface area contributed by atoms with Crippen molar-refractivity contribution in [2.24, 2.45) is 5.84 Å². The molecule has 0 aliphatic heterocycles. The molecule has 0 spiro atoms. The maximum atomic E-state index is 5.16. The molecular formula is C10H10N4S2. The van der Waals surface area contributed by atoms with E-state index in [1.54, 1.807) is 0 Å². The maximum Gasteiger partial charge on any atom is 0.189 e. The van der Waals surface area contributed by atoms with Gasteiger partial charge in [-0.3, -0.25) is 0 Å². The zero-order chi connectivity index (χ0) is 11.4. The number of hydrogen-bond donors (Lipinski definition) is 3. The van der Waals surface area contributed by atoms with Gasteiger partial charge in [-0.25, -0.2) is 10.8 Å². The van der Waals surface area contributed by atoms with Gasteiger partial charge < -0.3 is 10.7 Å². The highest BCUT2D eigenvalue weighted by atomic mass is 32.1. The third-order valence-corrected chi connectivity index (χ3v) is 2.90. The van der Waals surface area contributed by atoms with E-state index in [0.717, 1.165) is 16.4 Å². The molecule has 0 atom stereocenters. The van der Waals surface area contributed by atoms with Crippen LogP contribution in [0.2, 0.25) is 0 Å². The molecule has 6 heteroatoms. The van der Waals surface area contributed by atoms with Gasteiger partial charge in [-0.15, -0.1) is 11.3 Å². The molecule has 2 rings (SSSR count). The summed E-state index contributed by atoms with van der Waals surface area (Å²) in [6.45, 7) is 0. The molecule has 0 aliphatic carbocycles. The second kappa shape index (κ2) is 5.02. The number of nitrogens with zero attached hydrogens (tertiary/aromatic N) is 1. The number of thiocarbonyl (C=S) groups is 1. The lowest BCUT2D eigenvalue weighted by Gasteiger charge is -2.01. The molecule has 4 N–H and O–H groups in total. The minimum atomic E-state index is 0.356. The van der Waals surface area contributed by atoms with Gasteiger partial charge in [0, 0.05) is 10.9 Å². The van der Waals surface area contributed by atoms with E-state index < -0.39 is 0 Å². The molecule has 0 fully saturated rings. The SMILES string of the molecule is NNC(=S)Nc1nc(-c2ccccc2)cs1. The largest absolute Gasteiger partial charge is 0.308 e. The minimum Gasteiger partial charge on any atom is -0.308 e. The van der Waals surface area contributed by atoms with E-state index in [1.807, 2.05) is 35.7 Å². The van der Waals surface area contributed by atoms with Gasteiger partial charge in [0.05, 0.1) is 5.69 Å². The summed E-state index contributed by atoms with van der Waals surface area (Å²) >= 11 is 6.37. The number of hydrazine groups is 1. The highest BCUT2D eigenvalue weighted by Gasteiger charge is 2.04. The predicted octanol–water partition coefficient (Wildman–Crippen LogP) is 1.97. The Hall–Kier alpha value is -1.50. The van der Waals surface area contributed by atoms with Gasteiger partial charge in [0.1, 0.15) is 0 Å². The summed E-state index contributed by atoms with van der Waals surface area (Å²) in [6, 6.07) is 9.96. The van der Waals surface area contributed by atoms with E-state index in [0.29, 0.717) is 5.11 Å². The van der Waals surface area contributed by atoms with E-state index >= 15 is 0 Å². The fraction of sp³-hybridized carbons (Fsp3) is 0. The van der Waals surface area contributed by atoms with Crippen molar-refractivity contribution in [2.75, 3.05) is 5.32 Å². The monoisotopic (exact) mass is 250 g/mol. The van der Waals surface area contributed by atoms with Crippen molar-refractivity contribution in [3.8, 4) is 11.3 Å². The van der Waals surface area contributed by atoms with Gasteiger partial charge in [-0.1, -0.05) is 30.3 Å². The second-order valence-electron chi connectivity index (χ2n) is 3.00. The molecule has 2 aromatic rings. The van der Waals surface area contributed by atoms with E-state index in [2.05, 4.69) is 15.7 Å². The van der Waals surface area contributed by atoms with Crippen LogP contribution in [0.3, 0.4) is 0 Å². The summed E-state index contributed by atoms with van der Waals surface area (Å²) in [5.74, 6) is 5.16. The number of benzene rings is 1. The van der Waals surface area contributed by atoms with Crippen LogP contribution in [0.5, 0.6) is 0 Å². The summed E-state index contributed by atoms with van der Waals surface area (Å²) in [4.78, 5) is 4.39. The highest BCUT2D eigenvalue weighted by Crippen LogP contribution is 2.24. The van der Waals surface area contributed by atoms with Crippen molar-refractivity contribution in [3.05, 3.63) is 35.7 Å². The zero-order valence-electron chi connectivity index (χ0n) is 8.31. The van der Waals surface area contributed by atoms with Gasteiger partial charge in [0.25, 0.3) is 0 Å². The number of hydrogen-bond acceptors (Lipinski definition) is 4. The minimum absolute atomic E-state index is 0.356. The number of rotatable bonds is 2. The molecule has 1 heterocycles. The van der Waals surface area contributed by atoms with Crippen LogP contribution in [-0.4, -0.2) is 10.1 Å². The van der Waals surface area contributed by atoms with Crippen LogP contribution in [0.15, 0.2) is 35.7 Å². The first-order chi connectivity index (χ1) is 7.79. The van der Waals surface area contributed by atoms with Crippen LogP contribution in [0.4, 0.5) is 5.13 Å². The Labute approximate surface area is 102 Å². The number of nitrogens with one attached hydrogen (secondary N) is 2. The molecule has 1 aromatic heterocycles. The van der Waals surface area contributed by atoms with Gasteiger partial charge in [0.15, 0.2) is 10.2 Å². The standard InChI is InChI=1S/C10H10N4S2/c11-14-9(15)13-10-12-8(6-16-10)7-4-2-1-3-5-7/h1-6H,11H2,(H2,12,13,14,15). The summed E-state index contributed by atoms with van der Waals surface area (Å²) < 4.78 is 0. The molecule has 0 unspecified atom stereocenters. The number of aromatic nitrogens is 1. The van der Waals surface area contributed by atoms with Crippen molar-refractivity contribution in [2.45, 2.75) is 0 Å². The number of thiazole rings is 1. The smallest absolute Gasteiger partial charge is 0.189 e. The lowest BCUT2D eigenvalue weighted by atomic mass is 10.2. The fourth-order valence-electron chi connectivity index (χ4n) is 1.21. The summed E-state index contributed by atoms with van der Waals surface area (Å²) in [5, 5.41) is 5.93. The first kappa shape index (κ1) is 11.0. The van der Waals surface area contributed by atoms with E-state index in [4.69, 9.17) is 18.1 Å². The number of nitrogens with two attached hydrogens (primary N) is 1. The van der Waals surface area contributed by atoms with Crippen LogP contribution in [0, 0.1) is 0 Å². The summed E-state index contributed by atoms with van der Waals surface area (Å²) in [7, 11) is 0. The average molecular weight is 250 g/mol. The summed E-state index contributed by atoms with van der Waals surface area (Å²) in [6.07, 6.45) is 0. The molecule has 0 radical (unpaired) electrons. The van der Waals surface area contributed by atoms with Crippen molar-refractivity contribution >= 4 is 33.8 Å². The van der Waals surface area contributed by atoms with Crippen molar-refractivity contribution in [3.63, 3.8) is 0 Å². The van der Waals surface area contributed by atoms with Gasteiger partial charge in [-0.05, 0) is 12.2 Å². The second-order valence-corrected chi connectivity index (χ2v) is 4.27. The van der Waals surface area contributed by atoms with Crippen LogP contribution in [0.25, 0.3) is 11.3 Å². The topological polar surface area (TPSA) is 63.0 Å². The predicted molar refractivity (Wildman–Crippen MR) is 71.1 cm³/mol. The molecular weight excluding hydrogens is 240 g/mol. The van der Waals surface area contributed by atoms with Crippen LogP contribution < -0.4 is 16.6 Å². The fourth-order valence-corrected chi connectivity index (χ4v) is 2.09. The Morgan fingerprint density at radius 2 is 2.06 bits per heavy atom. The number of anilines is 1. The molecule has 0 amide bonds. The average Bonchev–Trinajstić information content (AvgIpc) is 2.78. The first-order valence-electron chi connectivity index (χ1n) is 4.58. The summed E-state index contributed by atoms with van der Waals surface area (Å²) in [5.41, 5.74) is 4.36.